The van der Waals surface area contributed by atoms with Crippen molar-refractivity contribution in [1.29, 1.82) is 0 Å². The molecule has 0 radical (unpaired) electrons. The lowest BCUT2D eigenvalue weighted by atomic mass is 9.91. The fourth-order valence-corrected chi connectivity index (χ4v) is 4.64. The number of hydrogen-bond acceptors (Lipinski definition) is 5. The zero-order valence-electron chi connectivity index (χ0n) is 16.2. The van der Waals surface area contributed by atoms with Gasteiger partial charge in [-0.2, -0.15) is 0 Å². The third-order valence-corrected chi connectivity index (χ3v) is 6.05. The normalized spacial score (nSPS) is 11.9. The molecule has 2 aromatic carbocycles. The minimum Gasteiger partial charge on any atom is -0.453 e. The molecule has 5 nitrogen and oxygen atoms in total. The summed E-state index contributed by atoms with van der Waals surface area (Å²) in [7, 11) is 0. The van der Waals surface area contributed by atoms with Crippen LogP contribution in [0.25, 0.3) is 10.4 Å². The first-order chi connectivity index (χ1) is 14.4. The van der Waals surface area contributed by atoms with E-state index in [9.17, 15) is 18.8 Å². The Bertz CT molecular complexity index is 1170. The Labute approximate surface area is 176 Å². The zero-order chi connectivity index (χ0) is 21.3. The summed E-state index contributed by atoms with van der Waals surface area (Å²) < 4.78 is 19.3. The molecule has 1 aliphatic carbocycles. The van der Waals surface area contributed by atoms with Crippen LogP contribution < -0.4 is 5.32 Å². The molecular formula is C23H18FNO4S. The molecule has 1 aliphatic rings. The van der Waals surface area contributed by atoms with E-state index in [0.717, 1.165) is 34.9 Å². The second kappa shape index (κ2) is 8.20. The molecule has 0 saturated heterocycles. The Kier molecular flexibility index (Phi) is 5.46. The fraction of sp³-hybridized carbons (Fsp3) is 0.174. The van der Waals surface area contributed by atoms with Gasteiger partial charge in [-0.15, -0.1) is 11.3 Å². The maximum Gasteiger partial charge on any atom is 0.348 e. The van der Waals surface area contributed by atoms with Crippen molar-refractivity contribution >= 4 is 34.7 Å². The fourth-order valence-electron chi connectivity index (χ4n) is 3.47. The number of anilines is 1. The van der Waals surface area contributed by atoms with Crippen LogP contribution in [0.15, 0.2) is 48.5 Å². The molecular weight excluding hydrogens is 405 g/mol. The Balaban J connectivity index is 1.44. The summed E-state index contributed by atoms with van der Waals surface area (Å²) in [5.41, 5.74) is 3.52. The van der Waals surface area contributed by atoms with Crippen LogP contribution in [0.4, 0.5) is 10.1 Å². The average molecular weight is 423 g/mol. The van der Waals surface area contributed by atoms with Crippen LogP contribution in [0.2, 0.25) is 0 Å². The number of carbonyl (C=O) groups excluding carboxylic acids is 3. The molecule has 0 atom stereocenters. The first-order valence-corrected chi connectivity index (χ1v) is 10.2. The van der Waals surface area contributed by atoms with Crippen molar-refractivity contribution in [3.63, 3.8) is 0 Å². The van der Waals surface area contributed by atoms with Gasteiger partial charge < -0.3 is 10.1 Å². The molecule has 0 bridgehead atoms. The molecule has 1 heterocycles. The molecule has 3 aromatic rings. The van der Waals surface area contributed by atoms with E-state index in [1.165, 1.54) is 36.0 Å². The Morgan fingerprint density at radius 1 is 1.07 bits per heavy atom. The number of thiophene rings is 1. The number of Topliss-reactive ketones (excluding diaryl/α,β-unsaturated/α-hetero) is 1. The topological polar surface area (TPSA) is 72.5 Å². The van der Waals surface area contributed by atoms with E-state index in [2.05, 4.69) is 11.4 Å². The molecule has 0 aliphatic heterocycles. The van der Waals surface area contributed by atoms with Gasteiger partial charge >= 0.3 is 5.97 Å². The smallest absolute Gasteiger partial charge is 0.348 e. The number of hydrogen-bond donors (Lipinski definition) is 1. The highest BCUT2D eigenvalue weighted by atomic mass is 32.1. The predicted molar refractivity (Wildman–Crippen MR) is 112 cm³/mol. The first-order valence-electron chi connectivity index (χ1n) is 9.41. The van der Waals surface area contributed by atoms with E-state index in [-0.39, 0.29) is 17.2 Å². The third-order valence-electron chi connectivity index (χ3n) is 4.86. The van der Waals surface area contributed by atoms with Crippen molar-refractivity contribution in [1.82, 2.24) is 0 Å². The lowest BCUT2D eigenvalue weighted by Crippen LogP contribution is -2.15. The van der Waals surface area contributed by atoms with E-state index in [4.69, 9.17) is 4.74 Å². The van der Waals surface area contributed by atoms with Crippen molar-refractivity contribution in [3.8, 4) is 10.4 Å². The van der Waals surface area contributed by atoms with Gasteiger partial charge in [0, 0.05) is 17.5 Å². The number of ketones is 1. The van der Waals surface area contributed by atoms with Crippen LogP contribution in [0.1, 0.15) is 38.1 Å². The number of rotatable bonds is 5. The molecule has 0 fully saturated rings. The molecule has 1 aromatic heterocycles. The summed E-state index contributed by atoms with van der Waals surface area (Å²) in [6, 6.07) is 13.6. The van der Waals surface area contributed by atoms with Crippen LogP contribution in [0, 0.1) is 5.82 Å². The van der Waals surface area contributed by atoms with Gasteiger partial charge in [-0.3, -0.25) is 9.59 Å². The molecule has 7 heteroatoms. The van der Waals surface area contributed by atoms with Crippen LogP contribution in [-0.2, 0) is 22.4 Å². The molecule has 1 N–H and O–H groups in total. The Hall–Kier alpha value is -3.32. The minimum absolute atomic E-state index is 0.198. The highest BCUT2D eigenvalue weighted by Crippen LogP contribution is 2.39. The minimum atomic E-state index is -0.787. The Morgan fingerprint density at radius 3 is 2.60 bits per heavy atom. The van der Waals surface area contributed by atoms with E-state index in [1.54, 1.807) is 0 Å². The molecule has 1 amide bonds. The van der Waals surface area contributed by atoms with Crippen LogP contribution >= 0.6 is 11.3 Å². The van der Waals surface area contributed by atoms with E-state index in [0.29, 0.717) is 4.88 Å². The van der Waals surface area contributed by atoms with Gasteiger partial charge in [-0.25, -0.2) is 9.18 Å². The number of aryl methyl sites for hydroxylation is 2. The lowest BCUT2D eigenvalue weighted by Gasteiger charge is -2.15. The van der Waals surface area contributed by atoms with Crippen molar-refractivity contribution in [2.45, 2.75) is 19.8 Å². The zero-order valence-corrected chi connectivity index (χ0v) is 17.0. The molecule has 0 saturated carbocycles. The molecule has 152 valence electrons. The maximum absolute atomic E-state index is 14.2. The van der Waals surface area contributed by atoms with Gasteiger partial charge in [-0.05, 0) is 53.8 Å². The third kappa shape index (κ3) is 4.02. The summed E-state index contributed by atoms with van der Waals surface area (Å²) in [5.74, 6) is -2.38. The van der Waals surface area contributed by atoms with Gasteiger partial charge in [0.05, 0.1) is 5.56 Å². The lowest BCUT2D eigenvalue weighted by molar-refractivity contribution is -0.114. The highest BCUT2D eigenvalue weighted by Gasteiger charge is 2.23. The molecule has 0 spiro atoms. The number of halogens is 1. The van der Waals surface area contributed by atoms with E-state index in [1.807, 2.05) is 24.3 Å². The number of carbonyl (C=O) groups is 3. The van der Waals surface area contributed by atoms with Gasteiger partial charge in [0.2, 0.25) is 11.7 Å². The van der Waals surface area contributed by atoms with Crippen molar-refractivity contribution in [2.75, 3.05) is 11.9 Å². The number of benzene rings is 2. The second-order valence-corrected chi connectivity index (χ2v) is 8.05. The summed E-state index contributed by atoms with van der Waals surface area (Å²) in [5, 5.41) is 2.44. The van der Waals surface area contributed by atoms with Gasteiger partial charge in [0.1, 0.15) is 10.7 Å². The molecule has 30 heavy (non-hydrogen) atoms. The average Bonchev–Trinajstić information content (AvgIpc) is 3.16. The SMILES string of the molecule is CC(=O)Nc1ccc(C(=O)COC(=O)c2cc3c(s2)-c2ccccc2CC3)c(F)c1. The number of ether oxygens (including phenoxy) is 1. The van der Waals surface area contributed by atoms with Crippen molar-refractivity contribution in [2.24, 2.45) is 0 Å². The van der Waals surface area contributed by atoms with Crippen molar-refractivity contribution < 1.29 is 23.5 Å². The number of nitrogens with one attached hydrogen (secondary N) is 1. The quantitative estimate of drug-likeness (QED) is 0.479. The standard InChI is InChI=1S/C23H18FNO4S/c1-13(26)25-16-8-9-18(19(24)11-16)20(27)12-29-23(28)21-10-15-7-6-14-4-2-3-5-17(14)22(15)30-21/h2-5,8-11H,6-7,12H2,1H3,(H,25,26). The van der Waals surface area contributed by atoms with Crippen molar-refractivity contribution in [3.05, 3.63) is 75.9 Å². The van der Waals surface area contributed by atoms with Gasteiger partial charge in [0.25, 0.3) is 0 Å². The van der Waals surface area contributed by atoms with Gasteiger partial charge in [-0.1, -0.05) is 24.3 Å². The van der Waals surface area contributed by atoms with Crippen LogP contribution in [0.5, 0.6) is 0 Å². The summed E-state index contributed by atoms with van der Waals surface area (Å²) in [4.78, 5) is 37.3. The largest absolute Gasteiger partial charge is 0.453 e. The number of fused-ring (bicyclic) bond motifs is 3. The predicted octanol–water partition coefficient (Wildman–Crippen LogP) is 4.65. The summed E-state index contributed by atoms with van der Waals surface area (Å²) >= 11 is 1.34. The van der Waals surface area contributed by atoms with Crippen LogP contribution in [0.3, 0.4) is 0 Å². The monoisotopic (exact) mass is 423 g/mol. The Morgan fingerprint density at radius 2 is 1.83 bits per heavy atom. The number of esters is 1. The second-order valence-electron chi connectivity index (χ2n) is 7.00. The highest BCUT2D eigenvalue weighted by molar-refractivity contribution is 7.17. The molecule has 0 unspecified atom stereocenters. The summed E-state index contributed by atoms with van der Waals surface area (Å²) in [6.07, 6.45) is 1.77. The van der Waals surface area contributed by atoms with Crippen LogP contribution in [-0.4, -0.2) is 24.3 Å². The first kappa shape index (κ1) is 20.0. The molecule has 4 rings (SSSR count). The van der Waals surface area contributed by atoms with E-state index >= 15 is 0 Å². The summed E-state index contributed by atoms with van der Waals surface area (Å²) in [6.45, 7) is 0.742. The number of amides is 1. The van der Waals surface area contributed by atoms with E-state index < -0.39 is 24.2 Å². The van der Waals surface area contributed by atoms with Gasteiger partial charge in [0.15, 0.2) is 6.61 Å². The maximum atomic E-state index is 14.2.